The molecule has 162 valence electrons. The number of nitrogens with zero attached hydrogens (tertiary/aromatic N) is 1. The lowest BCUT2D eigenvalue weighted by Crippen LogP contribution is -2.64. The summed E-state index contributed by atoms with van der Waals surface area (Å²) in [5.74, 6) is -1.78. The molecule has 30 heavy (non-hydrogen) atoms. The fraction of sp³-hybridized carbons (Fsp3) is 0.368. The molecule has 2 rings (SSSR count). The van der Waals surface area contributed by atoms with Gasteiger partial charge in [0, 0.05) is 15.3 Å². The minimum atomic E-state index is -1.28. The average Bonchev–Trinajstić information content (AvgIpc) is 2.75. The van der Waals surface area contributed by atoms with Crippen LogP contribution in [-0.4, -0.2) is 63.2 Å². The number of likely N-dealkylation sites (tertiary alicyclic amines) is 1. The number of ether oxygens (including phenoxy) is 2. The minimum absolute atomic E-state index is 0.00949. The Bertz CT molecular complexity index is 844. The Labute approximate surface area is 195 Å². The van der Waals surface area contributed by atoms with Gasteiger partial charge in [-0.2, -0.15) is 0 Å². The number of allylic oxidation sites excluding steroid dienone is 1. The molecule has 0 saturated carbocycles. The van der Waals surface area contributed by atoms with Crippen LogP contribution in [0.2, 0.25) is 0 Å². The molecule has 1 heterocycles. The number of phenols is 1. The van der Waals surface area contributed by atoms with Gasteiger partial charge < -0.3 is 24.8 Å². The quantitative estimate of drug-likeness (QED) is 0.105. The van der Waals surface area contributed by atoms with Crippen molar-refractivity contribution in [2.75, 3.05) is 22.9 Å². The van der Waals surface area contributed by atoms with Crippen molar-refractivity contribution in [1.29, 1.82) is 0 Å². The number of hydrogen-bond acceptors (Lipinski definition) is 7. The highest BCUT2D eigenvalue weighted by Gasteiger charge is 2.43. The van der Waals surface area contributed by atoms with Gasteiger partial charge in [-0.3, -0.25) is 14.4 Å². The van der Waals surface area contributed by atoms with Crippen LogP contribution >= 0.6 is 38.5 Å². The van der Waals surface area contributed by atoms with E-state index in [0.29, 0.717) is 20.9 Å². The molecule has 1 aromatic rings. The Morgan fingerprint density at radius 3 is 2.60 bits per heavy atom. The van der Waals surface area contributed by atoms with E-state index in [1.54, 1.807) is 6.92 Å². The molecule has 0 radical (unpaired) electrons. The Hall–Kier alpha value is -2.15. The zero-order chi connectivity index (χ0) is 22.3. The zero-order valence-corrected chi connectivity index (χ0v) is 19.7. The SMILES string of the molecule is CC(CBr)=C(C(=O)OCCI)N1CC(NC(=O)C(OC=O)c2ccc(O)cc2)C1=O. The molecule has 1 fully saturated rings. The van der Waals surface area contributed by atoms with Gasteiger partial charge in [0.25, 0.3) is 18.3 Å². The van der Waals surface area contributed by atoms with E-state index in [1.807, 2.05) is 0 Å². The fourth-order valence-corrected chi connectivity index (χ4v) is 3.24. The number of esters is 1. The predicted octanol–water partition coefficient (Wildman–Crippen LogP) is 1.58. The number of β-lactam (4-membered cyclic amide) rings is 1. The van der Waals surface area contributed by atoms with Crippen LogP contribution in [0.1, 0.15) is 18.6 Å². The third-order valence-electron chi connectivity index (χ3n) is 4.25. The Morgan fingerprint density at radius 1 is 1.40 bits per heavy atom. The Kier molecular flexibility index (Phi) is 9.08. The van der Waals surface area contributed by atoms with Crippen LogP contribution in [0.4, 0.5) is 0 Å². The van der Waals surface area contributed by atoms with Gasteiger partial charge in [-0.15, -0.1) is 0 Å². The van der Waals surface area contributed by atoms with Crippen LogP contribution in [0.25, 0.3) is 0 Å². The topological polar surface area (TPSA) is 122 Å². The molecule has 2 N–H and O–H groups in total. The molecule has 2 unspecified atom stereocenters. The second-order valence-corrected chi connectivity index (χ2v) is 7.94. The van der Waals surface area contributed by atoms with Gasteiger partial charge in [0.1, 0.15) is 24.1 Å². The molecular formula is C19H20BrIN2O7. The summed E-state index contributed by atoms with van der Waals surface area (Å²) in [7, 11) is 0. The molecule has 1 aromatic carbocycles. The van der Waals surface area contributed by atoms with Gasteiger partial charge in [-0.25, -0.2) is 4.79 Å². The first-order valence-electron chi connectivity index (χ1n) is 8.82. The number of rotatable bonds is 10. The molecule has 1 aliphatic rings. The number of amides is 2. The van der Waals surface area contributed by atoms with Crippen LogP contribution in [0, 0.1) is 0 Å². The van der Waals surface area contributed by atoms with Gasteiger partial charge in [-0.05, 0) is 24.6 Å². The maximum atomic E-state index is 12.6. The van der Waals surface area contributed by atoms with E-state index in [2.05, 4.69) is 43.8 Å². The van der Waals surface area contributed by atoms with E-state index in [9.17, 15) is 24.3 Å². The third kappa shape index (κ3) is 5.72. The number of carbonyl (C=O) groups is 4. The first-order valence-corrected chi connectivity index (χ1v) is 11.5. The molecule has 0 bridgehead atoms. The summed E-state index contributed by atoms with van der Waals surface area (Å²) in [6.07, 6.45) is -1.28. The standard InChI is InChI=1S/C19H20BrIN2O7/c1-11(8-20)15(19(28)29-7-6-21)23-9-14(18(23)27)22-17(26)16(30-10-24)12-2-4-13(25)5-3-12/h2-5,10,14,16,25H,6-9H2,1H3,(H,22,26). The van der Waals surface area contributed by atoms with Gasteiger partial charge in [0.15, 0.2) is 0 Å². The smallest absolute Gasteiger partial charge is 0.355 e. The van der Waals surface area contributed by atoms with Gasteiger partial charge in [-0.1, -0.05) is 50.7 Å². The summed E-state index contributed by atoms with van der Waals surface area (Å²) in [4.78, 5) is 49.6. The zero-order valence-electron chi connectivity index (χ0n) is 16.0. The predicted molar refractivity (Wildman–Crippen MR) is 118 cm³/mol. The van der Waals surface area contributed by atoms with Crippen molar-refractivity contribution in [3.8, 4) is 5.75 Å². The lowest BCUT2D eigenvalue weighted by Gasteiger charge is -2.40. The molecule has 0 spiro atoms. The number of phenolic OH excluding ortho intramolecular Hbond substituents is 1. The lowest BCUT2D eigenvalue weighted by molar-refractivity contribution is -0.153. The number of benzene rings is 1. The van der Waals surface area contributed by atoms with Crippen molar-refractivity contribution in [3.63, 3.8) is 0 Å². The van der Waals surface area contributed by atoms with Crippen molar-refractivity contribution in [3.05, 3.63) is 41.1 Å². The minimum Gasteiger partial charge on any atom is -0.508 e. The average molecular weight is 595 g/mol. The normalized spacial score (nSPS) is 17.4. The monoisotopic (exact) mass is 594 g/mol. The first kappa shape index (κ1) is 24.1. The molecule has 0 aromatic heterocycles. The highest BCUT2D eigenvalue weighted by molar-refractivity contribution is 14.1. The second-order valence-electron chi connectivity index (χ2n) is 6.30. The molecule has 0 aliphatic carbocycles. The van der Waals surface area contributed by atoms with Crippen molar-refractivity contribution >= 4 is 62.8 Å². The first-order chi connectivity index (χ1) is 14.3. The lowest BCUT2D eigenvalue weighted by atomic mass is 10.0. The van der Waals surface area contributed by atoms with Gasteiger partial charge >= 0.3 is 5.97 Å². The summed E-state index contributed by atoms with van der Waals surface area (Å²) < 4.78 is 10.6. The van der Waals surface area contributed by atoms with E-state index >= 15 is 0 Å². The Morgan fingerprint density at radius 2 is 2.07 bits per heavy atom. The summed E-state index contributed by atoms with van der Waals surface area (Å²) >= 11 is 5.34. The van der Waals surface area contributed by atoms with Crippen LogP contribution in [-0.2, 0) is 28.7 Å². The van der Waals surface area contributed by atoms with E-state index in [4.69, 9.17) is 9.47 Å². The maximum Gasteiger partial charge on any atom is 0.355 e. The largest absolute Gasteiger partial charge is 0.508 e. The van der Waals surface area contributed by atoms with Crippen molar-refractivity contribution in [2.45, 2.75) is 19.1 Å². The van der Waals surface area contributed by atoms with E-state index < -0.39 is 29.9 Å². The number of hydrogen-bond donors (Lipinski definition) is 2. The van der Waals surface area contributed by atoms with E-state index in [1.165, 1.54) is 29.2 Å². The summed E-state index contributed by atoms with van der Waals surface area (Å²) in [5.41, 5.74) is 1.10. The van der Waals surface area contributed by atoms with Crippen LogP contribution in [0.15, 0.2) is 35.5 Å². The molecule has 1 saturated heterocycles. The maximum absolute atomic E-state index is 12.6. The number of alkyl halides is 2. The molecule has 2 amide bonds. The molecule has 9 nitrogen and oxygen atoms in total. The van der Waals surface area contributed by atoms with Crippen LogP contribution in [0.3, 0.4) is 0 Å². The highest BCUT2D eigenvalue weighted by atomic mass is 127. The molecule has 2 atom stereocenters. The highest BCUT2D eigenvalue weighted by Crippen LogP contribution is 2.25. The summed E-state index contributed by atoms with van der Waals surface area (Å²) in [6.45, 7) is 2.13. The number of halogens is 2. The Balaban J connectivity index is 2.09. The van der Waals surface area contributed by atoms with E-state index in [0.717, 1.165) is 0 Å². The van der Waals surface area contributed by atoms with Gasteiger partial charge in [0.05, 0.1) is 6.54 Å². The van der Waals surface area contributed by atoms with Crippen molar-refractivity contribution in [2.24, 2.45) is 0 Å². The third-order valence-corrected chi connectivity index (χ3v) is 5.53. The molecule has 11 heteroatoms. The number of nitrogens with one attached hydrogen (secondary N) is 1. The second kappa shape index (κ2) is 11.3. The number of aromatic hydroxyl groups is 1. The van der Waals surface area contributed by atoms with Crippen LogP contribution in [0.5, 0.6) is 5.75 Å². The fourth-order valence-electron chi connectivity index (χ4n) is 2.76. The van der Waals surface area contributed by atoms with Crippen molar-refractivity contribution < 1.29 is 33.8 Å². The summed E-state index contributed by atoms with van der Waals surface area (Å²) in [6, 6.07) is 4.69. The van der Waals surface area contributed by atoms with Crippen LogP contribution < -0.4 is 5.32 Å². The number of carbonyl (C=O) groups excluding carboxylic acids is 4. The molecule has 1 aliphatic heterocycles. The van der Waals surface area contributed by atoms with Crippen molar-refractivity contribution in [1.82, 2.24) is 10.2 Å². The summed E-state index contributed by atoms with van der Waals surface area (Å²) in [5, 5.41) is 12.3. The molecular weight excluding hydrogens is 575 g/mol. The van der Waals surface area contributed by atoms with Gasteiger partial charge in [0.2, 0.25) is 6.10 Å². The van der Waals surface area contributed by atoms with E-state index in [-0.39, 0.29) is 31.1 Å².